The van der Waals surface area contributed by atoms with Crippen molar-refractivity contribution in [3.8, 4) is 0 Å². The third-order valence-electron chi connectivity index (χ3n) is 3.38. The maximum atomic E-state index is 13.0. The standard InChI is InChI=1S/C16H10FN3O3S/c17-11-3-7-12(8-4-11)19-15(21)14(18-16(19)24)9-10-1-5-13(6-2-10)20(22)23/h1-9H,(H,18,24)/b14-9+. The van der Waals surface area contributed by atoms with Gasteiger partial charge in [0.05, 0.1) is 10.6 Å². The number of nitrogens with zero attached hydrogens (tertiary/aromatic N) is 2. The highest BCUT2D eigenvalue weighted by Crippen LogP contribution is 2.23. The van der Waals surface area contributed by atoms with Gasteiger partial charge in [-0.2, -0.15) is 0 Å². The van der Waals surface area contributed by atoms with E-state index in [0.29, 0.717) is 11.3 Å². The highest BCUT2D eigenvalue weighted by molar-refractivity contribution is 7.80. The van der Waals surface area contributed by atoms with Crippen molar-refractivity contribution in [1.29, 1.82) is 0 Å². The van der Waals surface area contributed by atoms with E-state index in [1.54, 1.807) is 6.08 Å². The van der Waals surface area contributed by atoms with Gasteiger partial charge < -0.3 is 5.32 Å². The summed E-state index contributed by atoms with van der Waals surface area (Å²) in [6.07, 6.45) is 1.54. The average Bonchev–Trinajstić information content (AvgIpc) is 2.83. The first-order valence-electron chi connectivity index (χ1n) is 6.83. The Bertz CT molecular complexity index is 863. The molecule has 1 fully saturated rings. The number of nitro benzene ring substituents is 1. The summed E-state index contributed by atoms with van der Waals surface area (Å²) in [7, 11) is 0. The van der Waals surface area contributed by atoms with Gasteiger partial charge in [0.2, 0.25) is 0 Å². The van der Waals surface area contributed by atoms with Gasteiger partial charge in [0, 0.05) is 12.1 Å². The van der Waals surface area contributed by atoms with Crippen LogP contribution >= 0.6 is 12.2 Å². The number of halogens is 1. The van der Waals surface area contributed by atoms with Gasteiger partial charge in [-0.25, -0.2) is 4.39 Å². The lowest BCUT2D eigenvalue weighted by Crippen LogP contribution is -2.30. The number of non-ortho nitro benzene ring substituents is 1. The van der Waals surface area contributed by atoms with Crippen LogP contribution in [0, 0.1) is 15.9 Å². The molecule has 6 nitrogen and oxygen atoms in total. The number of thiocarbonyl (C=S) groups is 1. The Morgan fingerprint density at radius 1 is 1.12 bits per heavy atom. The molecule has 0 atom stereocenters. The van der Waals surface area contributed by atoms with E-state index in [9.17, 15) is 19.3 Å². The van der Waals surface area contributed by atoms with Crippen molar-refractivity contribution in [3.05, 3.63) is 75.7 Å². The first-order chi connectivity index (χ1) is 11.5. The predicted molar refractivity (Wildman–Crippen MR) is 90.7 cm³/mol. The molecule has 1 heterocycles. The van der Waals surface area contributed by atoms with E-state index in [1.807, 2.05) is 0 Å². The first-order valence-corrected chi connectivity index (χ1v) is 7.24. The average molecular weight is 343 g/mol. The molecule has 1 N–H and O–H groups in total. The highest BCUT2D eigenvalue weighted by atomic mass is 32.1. The Labute approximate surface area is 141 Å². The Kier molecular flexibility index (Phi) is 4.05. The molecule has 2 aromatic rings. The van der Waals surface area contributed by atoms with E-state index >= 15 is 0 Å². The van der Waals surface area contributed by atoms with Crippen LogP contribution in [0.5, 0.6) is 0 Å². The quantitative estimate of drug-likeness (QED) is 0.401. The largest absolute Gasteiger partial charge is 0.327 e. The summed E-state index contributed by atoms with van der Waals surface area (Å²) in [6.45, 7) is 0. The second-order valence-corrected chi connectivity index (χ2v) is 5.34. The Hall–Kier alpha value is -3.13. The van der Waals surface area contributed by atoms with Crippen molar-refractivity contribution in [2.24, 2.45) is 0 Å². The molecule has 0 unspecified atom stereocenters. The van der Waals surface area contributed by atoms with E-state index < -0.39 is 10.7 Å². The van der Waals surface area contributed by atoms with Crippen molar-refractivity contribution in [2.75, 3.05) is 4.90 Å². The van der Waals surface area contributed by atoms with Gasteiger partial charge in [0.15, 0.2) is 5.11 Å². The Balaban J connectivity index is 1.87. The summed E-state index contributed by atoms with van der Waals surface area (Å²) < 4.78 is 13.0. The number of carbonyl (C=O) groups excluding carboxylic acids is 1. The number of nitrogens with one attached hydrogen (secondary N) is 1. The summed E-state index contributed by atoms with van der Waals surface area (Å²) >= 11 is 5.15. The number of amides is 1. The third-order valence-corrected chi connectivity index (χ3v) is 3.66. The van der Waals surface area contributed by atoms with Crippen molar-refractivity contribution in [2.45, 2.75) is 0 Å². The number of benzene rings is 2. The predicted octanol–water partition coefficient (Wildman–Crippen LogP) is 3.00. The van der Waals surface area contributed by atoms with E-state index in [2.05, 4.69) is 5.32 Å². The number of nitro groups is 1. The van der Waals surface area contributed by atoms with Gasteiger partial charge >= 0.3 is 0 Å². The minimum Gasteiger partial charge on any atom is -0.327 e. The van der Waals surface area contributed by atoms with E-state index in [1.165, 1.54) is 53.4 Å². The van der Waals surface area contributed by atoms with Gasteiger partial charge in [-0.15, -0.1) is 0 Å². The molecule has 0 aromatic heterocycles. The van der Waals surface area contributed by atoms with Crippen LogP contribution in [-0.4, -0.2) is 15.9 Å². The van der Waals surface area contributed by atoms with Crippen molar-refractivity contribution < 1.29 is 14.1 Å². The number of rotatable bonds is 3. The fourth-order valence-electron chi connectivity index (χ4n) is 2.22. The summed E-state index contributed by atoms with van der Waals surface area (Å²) in [6, 6.07) is 11.1. The molecule has 1 aliphatic rings. The van der Waals surface area contributed by atoms with Crippen LogP contribution in [0.2, 0.25) is 0 Å². The number of hydrogen-bond acceptors (Lipinski definition) is 4. The second kappa shape index (κ2) is 6.17. The minimum atomic E-state index is -0.499. The van der Waals surface area contributed by atoms with E-state index in [4.69, 9.17) is 12.2 Å². The number of carbonyl (C=O) groups is 1. The molecule has 0 saturated carbocycles. The molecular formula is C16H10FN3O3S. The lowest BCUT2D eigenvalue weighted by atomic mass is 10.1. The summed E-state index contributed by atoms with van der Waals surface area (Å²) in [5.74, 6) is -0.795. The molecular weight excluding hydrogens is 333 g/mol. The fraction of sp³-hybridized carbons (Fsp3) is 0. The SMILES string of the molecule is O=C1/C(=C\c2ccc([N+](=O)[O-])cc2)NC(=S)N1c1ccc(F)cc1. The lowest BCUT2D eigenvalue weighted by molar-refractivity contribution is -0.384. The van der Waals surface area contributed by atoms with Crippen molar-refractivity contribution in [3.63, 3.8) is 0 Å². The molecule has 1 aliphatic heterocycles. The van der Waals surface area contributed by atoms with Gasteiger partial charge in [0.1, 0.15) is 11.5 Å². The topological polar surface area (TPSA) is 75.5 Å². The van der Waals surface area contributed by atoms with Crippen LogP contribution in [-0.2, 0) is 4.79 Å². The smallest absolute Gasteiger partial charge is 0.281 e. The molecule has 120 valence electrons. The molecule has 0 spiro atoms. The van der Waals surface area contributed by atoms with E-state index in [-0.39, 0.29) is 22.4 Å². The van der Waals surface area contributed by atoms with Crippen LogP contribution in [0.25, 0.3) is 6.08 Å². The normalized spacial score (nSPS) is 15.7. The number of anilines is 1. The molecule has 0 aliphatic carbocycles. The van der Waals surface area contributed by atoms with Crippen molar-refractivity contribution in [1.82, 2.24) is 5.32 Å². The maximum absolute atomic E-state index is 13.0. The van der Waals surface area contributed by atoms with Crippen LogP contribution in [0.1, 0.15) is 5.56 Å². The zero-order valence-electron chi connectivity index (χ0n) is 12.1. The molecule has 2 aromatic carbocycles. The zero-order chi connectivity index (χ0) is 17.3. The molecule has 1 saturated heterocycles. The van der Waals surface area contributed by atoms with Gasteiger partial charge in [0.25, 0.3) is 11.6 Å². The van der Waals surface area contributed by atoms with Gasteiger partial charge in [-0.3, -0.25) is 19.8 Å². The van der Waals surface area contributed by atoms with E-state index in [0.717, 1.165) is 0 Å². The minimum absolute atomic E-state index is 0.0358. The summed E-state index contributed by atoms with van der Waals surface area (Å²) in [5, 5.41) is 13.6. The summed E-state index contributed by atoms with van der Waals surface area (Å²) in [5.41, 5.74) is 1.26. The first kappa shape index (κ1) is 15.8. The lowest BCUT2D eigenvalue weighted by Gasteiger charge is -2.13. The van der Waals surface area contributed by atoms with Crippen LogP contribution in [0.3, 0.4) is 0 Å². The molecule has 8 heteroatoms. The Morgan fingerprint density at radius 2 is 1.75 bits per heavy atom. The second-order valence-electron chi connectivity index (χ2n) is 4.95. The zero-order valence-corrected chi connectivity index (χ0v) is 12.9. The summed E-state index contributed by atoms with van der Waals surface area (Å²) in [4.78, 5) is 23.9. The monoisotopic (exact) mass is 343 g/mol. The fourth-order valence-corrected chi connectivity index (χ4v) is 2.52. The maximum Gasteiger partial charge on any atom is 0.281 e. The Morgan fingerprint density at radius 3 is 2.33 bits per heavy atom. The third kappa shape index (κ3) is 2.99. The van der Waals surface area contributed by atoms with Gasteiger partial charge in [-0.1, -0.05) is 0 Å². The van der Waals surface area contributed by atoms with Crippen LogP contribution in [0.4, 0.5) is 15.8 Å². The molecule has 0 radical (unpaired) electrons. The molecule has 0 bridgehead atoms. The van der Waals surface area contributed by atoms with Crippen LogP contribution < -0.4 is 10.2 Å². The molecule has 3 rings (SSSR count). The van der Waals surface area contributed by atoms with Crippen LogP contribution in [0.15, 0.2) is 54.2 Å². The van der Waals surface area contributed by atoms with Crippen molar-refractivity contribution >= 4 is 40.7 Å². The number of hydrogen-bond donors (Lipinski definition) is 1. The molecule has 1 amide bonds. The molecule has 24 heavy (non-hydrogen) atoms. The van der Waals surface area contributed by atoms with Gasteiger partial charge in [-0.05, 0) is 60.3 Å². The highest BCUT2D eigenvalue weighted by Gasteiger charge is 2.31.